The van der Waals surface area contributed by atoms with Gasteiger partial charge < -0.3 is 10.6 Å². The van der Waals surface area contributed by atoms with Crippen LogP contribution in [-0.4, -0.2) is 23.3 Å². The standard InChI is InChI=1S/C16H16FN3O2/c1-2-8-19-15(21)11-7-9-18-14(10-11)16(22)20-13-6-4-3-5-12(13)17/h3-7,9-10H,2,8H2,1H3,(H,19,21)(H,20,22). The van der Waals surface area contributed by atoms with Gasteiger partial charge in [0.25, 0.3) is 11.8 Å². The summed E-state index contributed by atoms with van der Waals surface area (Å²) >= 11 is 0. The Morgan fingerprint density at radius 1 is 1.18 bits per heavy atom. The maximum Gasteiger partial charge on any atom is 0.274 e. The van der Waals surface area contributed by atoms with Crippen LogP contribution < -0.4 is 10.6 Å². The van der Waals surface area contributed by atoms with Crippen LogP contribution in [-0.2, 0) is 0 Å². The average molecular weight is 301 g/mol. The second-order valence-corrected chi connectivity index (χ2v) is 4.62. The van der Waals surface area contributed by atoms with Crippen molar-refractivity contribution in [1.82, 2.24) is 10.3 Å². The predicted molar refractivity (Wildman–Crippen MR) is 81.2 cm³/mol. The second kappa shape index (κ2) is 7.31. The first-order chi connectivity index (χ1) is 10.6. The van der Waals surface area contributed by atoms with Crippen LogP contribution in [0.15, 0.2) is 42.6 Å². The van der Waals surface area contributed by atoms with E-state index in [0.29, 0.717) is 12.1 Å². The van der Waals surface area contributed by atoms with Crippen molar-refractivity contribution in [1.29, 1.82) is 0 Å². The van der Waals surface area contributed by atoms with Gasteiger partial charge in [0, 0.05) is 18.3 Å². The topological polar surface area (TPSA) is 71.1 Å². The number of pyridine rings is 1. The van der Waals surface area contributed by atoms with Crippen molar-refractivity contribution in [2.75, 3.05) is 11.9 Å². The molecule has 0 aliphatic rings. The summed E-state index contributed by atoms with van der Waals surface area (Å²) < 4.78 is 13.5. The van der Waals surface area contributed by atoms with E-state index in [4.69, 9.17) is 0 Å². The lowest BCUT2D eigenvalue weighted by molar-refractivity contribution is 0.0953. The molecular formula is C16H16FN3O2. The number of para-hydroxylation sites is 1. The normalized spacial score (nSPS) is 10.1. The Bertz CT molecular complexity index is 689. The number of carbonyl (C=O) groups is 2. The van der Waals surface area contributed by atoms with Crippen molar-refractivity contribution < 1.29 is 14.0 Å². The third kappa shape index (κ3) is 3.88. The van der Waals surface area contributed by atoms with Gasteiger partial charge >= 0.3 is 0 Å². The van der Waals surface area contributed by atoms with E-state index in [9.17, 15) is 14.0 Å². The van der Waals surface area contributed by atoms with E-state index in [1.165, 1.54) is 36.5 Å². The van der Waals surface area contributed by atoms with Crippen molar-refractivity contribution in [3.63, 3.8) is 0 Å². The van der Waals surface area contributed by atoms with Crippen molar-refractivity contribution in [3.05, 3.63) is 59.7 Å². The Morgan fingerprint density at radius 2 is 1.95 bits per heavy atom. The van der Waals surface area contributed by atoms with E-state index < -0.39 is 11.7 Å². The largest absolute Gasteiger partial charge is 0.352 e. The summed E-state index contributed by atoms with van der Waals surface area (Å²) in [7, 11) is 0. The van der Waals surface area contributed by atoms with Gasteiger partial charge in [-0.3, -0.25) is 14.6 Å². The number of halogens is 1. The average Bonchev–Trinajstić information content (AvgIpc) is 2.54. The van der Waals surface area contributed by atoms with E-state index in [2.05, 4.69) is 15.6 Å². The molecule has 0 atom stereocenters. The van der Waals surface area contributed by atoms with Gasteiger partial charge in [0.2, 0.25) is 0 Å². The van der Waals surface area contributed by atoms with E-state index >= 15 is 0 Å². The zero-order valence-electron chi connectivity index (χ0n) is 12.1. The molecule has 2 rings (SSSR count). The molecule has 0 fully saturated rings. The lowest BCUT2D eigenvalue weighted by Gasteiger charge is -2.07. The maximum absolute atomic E-state index is 13.5. The summed E-state index contributed by atoms with van der Waals surface area (Å²) in [5, 5.41) is 5.14. The summed E-state index contributed by atoms with van der Waals surface area (Å²) in [6.45, 7) is 2.50. The van der Waals surface area contributed by atoms with Gasteiger partial charge in [-0.2, -0.15) is 0 Å². The van der Waals surface area contributed by atoms with Gasteiger partial charge in [-0.15, -0.1) is 0 Å². The third-order valence-corrected chi connectivity index (χ3v) is 2.91. The first-order valence-electron chi connectivity index (χ1n) is 6.92. The molecule has 0 bridgehead atoms. The van der Waals surface area contributed by atoms with Gasteiger partial charge in [-0.1, -0.05) is 19.1 Å². The van der Waals surface area contributed by atoms with E-state index in [1.807, 2.05) is 6.92 Å². The number of hydrogen-bond donors (Lipinski definition) is 2. The number of amides is 2. The van der Waals surface area contributed by atoms with Crippen LogP contribution in [0.2, 0.25) is 0 Å². The van der Waals surface area contributed by atoms with E-state index in [0.717, 1.165) is 6.42 Å². The monoisotopic (exact) mass is 301 g/mol. The van der Waals surface area contributed by atoms with Crippen LogP contribution in [0.1, 0.15) is 34.2 Å². The second-order valence-electron chi connectivity index (χ2n) is 4.62. The minimum atomic E-state index is -0.574. The molecule has 0 spiro atoms. The molecule has 2 N–H and O–H groups in total. The SMILES string of the molecule is CCCNC(=O)c1ccnc(C(=O)Nc2ccccc2F)c1. The highest BCUT2D eigenvalue weighted by Crippen LogP contribution is 2.13. The third-order valence-electron chi connectivity index (χ3n) is 2.91. The Balaban J connectivity index is 2.13. The summed E-state index contributed by atoms with van der Waals surface area (Å²) in [4.78, 5) is 27.9. The fourth-order valence-electron chi connectivity index (χ4n) is 1.79. The molecule has 1 aromatic heterocycles. The molecule has 6 heteroatoms. The van der Waals surface area contributed by atoms with Crippen LogP contribution in [0.5, 0.6) is 0 Å². The summed E-state index contributed by atoms with van der Waals surface area (Å²) in [5.74, 6) is -1.38. The molecule has 1 heterocycles. The number of rotatable bonds is 5. The van der Waals surface area contributed by atoms with Gasteiger partial charge in [0.05, 0.1) is 5.69 Å². The fourth-order valence-corrected chi connectivity index (χ4v) is 1.79. The maximum atomic E-state index is 13.5. The molecule has 0 aliphatic heterocycles. The van der Waals surface area contributed by atoms with Crippen LogP contribution in [0, 0.1) is 5.82 Å². The molecule has 1 aromatic carbocycles. The van der Waals surface area contributed by atoms with Gasteiger partial charge in [0.15, 0.2) is 0 Å². The molecule has 0 saturated carbocycles. The number of anilines is 1. The highest BCUT2D eigenvalue weighted by molar-refractivity contribution is 6.04. The zero-order chi connectivity index (χ0) is 15.9. The van der Waals surface area contributed by atoms with E-state index in [-0.39, 0.29) is 17.3 Å². The number of nitrogens with one attached hydrogen (secondary N) is 2. The van der Waals surface area contributed by atoms with Crippen LogP contribution in [0.3, 0.4) is 0 Å². The minimum absolute atomic E-state index is 0.0485. The molecule has 0 radical (unpaired) electrons. The number of hydrogen-bond acceptors (Lipinski definition) is 3. The Labute approximate surface area is 127 Å². The molecule has 0 aliphatic carbocycles. The number of benzene rings is 1. The number of nitrogens with zero attached hydrogens (tertiary/aromatic N) is 1. The summed E-state index contributed by atoms with van der Waals surface area (Å²) in [6.07, 6.45) is 2.19. The first-order valence-corrected chi connectivity index (χ1v) is 6.92. The Morgan fingerprint density at radius 3 is 2.68 bits per heavy atom. The first kappa shape index (κ1) is 15.6. The van der Waals surface area contributed by atoms with Crippen LogP contribution in [0.4, 0.5) is 10.1 Å². The van der Waals surface area contributed by atoms with Crippen LogP contribution >= 0.6 is 0 Å². The smallest absolute Gasteiger partial charge is 0.274 e. The molecule has 0 unspecified atom stereocenters. The molecule has 5 nitrogen and oxygen atoms in total. The Hall–Kier alpha value is -2.76. The van der Waals surface area contributed by atoms with Gasteiger partial charge in [0.1, 0.15) is 11.5 Å². The van der Waals surface area contributed by atoms with Crippen LogP contribution in [0.25, 0.3) is 0 Å². The van der Waals surface area contributed by atoms with Crippen molar-refractivity contribution in [2.45, 2.75) is 13.3 Å². The van der Waals surface area contributed by atoms with Crippen molar-refractivity contribution >= 4 is 17.5 Å². The molecule has 22 heavy (non-hydrogen) atoms. The molecule has 0 saturated heterocycles. The highest BCUT2D eigenvalue weighted by atomic mass is 19.1. The van der Waals surface area contributed by atoms with Crippen molar-refractivity contribution in [3.8, 4) is 0 Å². The fraction of sp³-hybridized carbons (Fsp3) is 0.188. The quantitative estimate of drug-likeness (QED) is 0.891. The molecule has 2 aromatic rings. The predicted octanol–water partition coefficient (Wildman–Crippen LogP) is 2.61. The summed E-state index contributed by atoms with van der Waals surface area (Å²) in [6, 6.07) is 8.73. The highest BCUT2D eigenvalue weighted by Gasteiger charge is 2.13. The van der Waals surface area contributed by atoms with E-state index in [1.54, 1.807) is 6.07 Å². The molecule has 2 amide bonds. The minimum Gasteiger partial charge on any atom is -0.352 e. The number of aromatic nitrogens is 1. The summed E-state index contributed by atoms with van der Waals surface area (Å²) in [5.41, 5.74) is 0.449. The van der Waals surface area contributed by atoms with Gasteiger partial charge in [-0.05, 0) is 30.7 Å². The zero-order valence-corrected chi connectivity index (χ0v) is 12.1. The Kier molecular flexibility index (Phi) is 5.19. The molecular weight excluding hydrogens is 285 g/mol. The molecule has 114 valence electrons. The lowest BCUT2D eigenvalue weighted by atomic mass is 10.2. The lowest BCUT2D eigenvalue weighted by Crippen LogP contribution is -2.24. The van der Waals surface area contributed by atoms with Crippen molar-refractivity contribution in [2.24, 2.45) is 0 Å². The van der Waals surface area contributed by atoms with Gasteiger partial charge in [-0.25, -0.2) is 4.39 Å². The number of carbonyl (C=O) groups excluding carboxylic acids is 2.